The molecule has 2 aromatic carbocycles. The normalized spacial score (nSPS) is 15.2. The third-order valence-corrected chi connectivity index (χ3v) is 5.45. The van der Waals surface area contributed by atoms with Crippen molar-refractivity contribution < 1.29 is 4.79 Å². The van der Waals surface area contributed by atoms with Crippen LogP contribution in [0.15, 0.2) is 42.5 Å². The Morgan fingerprint density at radius 1 is 1.17 bits per heavy atom. The second-order valence-electron chi connectivity index (χ2n) is 6.58. The van der Waals surface area contributed by atoms with Crippen LogP contribution in [0.5, 0.6) is 0 Å². The van der Waals surface area contributed by atoms with Crippen LogP contribution in [0.4, 0.5) is 0 Å². The number of aryl methyl sites for hydroxylation is 1. The van der Waals surface area contributed by atoms with Gasteiger partial charge in [-0.1, -0.05) is 53.5 Å². The molecular formula is C20H21Cl2NO. The van der Waals surface area contributed by atoms with Crippen molar-refractivity contribution in [2.45, 2.75) is 39.3 Å². The molecule has 1 aliphatic carbocycles. The number of benzene rings is 2. The first-order valence-electron chi connectivity index (χ1n) is 8.28. The van der Waals surface area contributed by atoms with Crippen LogP contribution in [0.3, 0.4) is 0 Å². The number of rotatable bonds is 5. The van der Waals surface area contributed by atoms with Gasteiger partial charge >= 0.3 is 0 Å². The van der Waals surface area contributed by atoms with Crippen LogP contribution < -0.4 is 0 Å². The summed E-state index contributed by atoms with van der Waals surface area (Å²) in [6.07, 6.45) is 2.37. The van der Waals surface area contributed by atoms with Gasteiger partial charge in [0.25, 0.3) is 5.91 Å². The van der Waals surface area contributed by atoms with Crippen LogP contribution >= 0.6 is 23.2 Å². The van der Waals surface area contributed by atoms with E-state index in [0.29, 0.717) is 28.1 Å². The summed E-state index contributed by atoms with van der Waals surface area (Å²) in [5.41, 5.74) is 2.48. The lowest BCUT2D eigenvalue weighted by molar-refractivity contribution is 0.0654. The number of hydrogen-bond donors (Lipinski definition) is 0. The summed E-state index contributed by atoms with van der Waals surface area (Å²) in [5, 5.41) is 1.03. The van der Waals surface area contributed by atoms with Gasteiger partial charge < -0.3 is 4.90 Å². The third kappa shape index (κ3) is 3.76. The number of amides is 1. The Balaban J connectivity index is 1.92. The molecular weight excluding hydrogens is 341 g/mol. The van der Waals surface area contributed by atoms with Gasteiger partial charge in [-0.05, 0) is 55.9 Å². The van der Waals surface area contributed by atoms with Crippen molar-refractivity contribution in [2.75, 3.05) is 0 Å². The Bertz CT molecular complexity index is 741. The van der Waals surface area contributed by atoms with Crippen LogP contribution in [-0.4, -0.2) is 16.8 Å². The van der Waals surface area contributed by atoms with E-state index in [4.69, 9.17) is 23.2 Å². The van der Waals surface area contributed by atoms with Gasteiger partial charge in [0.15, 0.2) is 0 Å². The molecule has 1 saturated carbocycles. The van der Waals surface area contributed by atoms with Crippen LogP contribution in [-0.2, 0) is 6.54 Å². The molecule has 1 aliphatic rings. The van der Waals surface area contributed by atoms with Crippen molar-refractivity contribution in [3.63, 3.8) is 0 Å². The van der Waals surface area contributed by atoms with Gasteiger partial charge in [-0.3, -0.25) is 4.79 Å². The quantitative estimate of drug-likeness (QED) is 0.664. The molecule has 24 heavy (non-hydrogen) atoms. The highest BCUT2D eigenvalue weighted by Gasteiger charge is 2.35. The van der Waals surface area contributed by atoms with E-state index in [9.17, 15) is 4.79 Å². The number of carbonyl (C=O) groups excluding carboxylic acids is 1. The third-order valence-electron chi connectivity index (χ3n) is 4.73. The van der Waals surface area contributed by atoms with Gasteiger partial charge in [-0.25, -0.2) is 0 Å². The molecule has 0 radical (unpaired) electrons. The molecule has 4 heteroatoms. The van der Waals surface area contributed by atoms with Crippen molar-refractivity contribution >= 4 is 29.1 Å². The van der Waals surface area contributed by atoms with Crippen molar-refractivity contribution in [2.24, 2.45) is 5.92 Å². The molecule has 1 fully saturated rings. The number of carbonyl (C=O) groups is 1. The molecule has 1 atom stereocenters. The fraction of sp³-hybridized carbons (Fsp3) is 0.350. The van der Waals surface area contributed by atoms with Crippen molar-refractivity contribution in [3.05, 3.63) is 69.2 Å². The molecule has 0 aromatic heterocycles. The zero-order valence-corrected chi connectivity index (χ0v) is 15.4. The molecule has 0 bridgehead atoms. The van der Waals surface area contributed by atoms with Crippen LogP contribution in [0, 0.1) is 12.8 Å². The van der Waals surface area contributed by atoms with E-state index in [0.717, 1.165) is 11.1 Å². The van der Waals surface area contributed by atoms with Gasteiger partial charge in [0.05, 0.1) is 10.6 Å². The van der Waals surface area contributed by atoms with Crippen molar-refractivity contribution in [1.29, 1.82) is 0 Å². The average Bonchev–Trinajstić information content (AvgIpc) is 3.41. The maximum atomic E-state index is 13.2. The predicted octanol–water partition coefficient (Wildman–Crippen LogP) is 5.74. The molecule has 3 rings (SSSR count). The summed E-state index contributed by atoms with van der Waals surface area (Å²) in [6, 6.07) is 13.7. The highest BCUT2D eigenvalue weighted by molar-refractivity contribution is 6.36. The van der Waals surface area contributed by atoms with E-state index in [1.807, 2.05) is 42.2 Å². The van der Waals surface area contributed by atoms with Crippen molar-refractivity contribution in [1.82, 2.24) is 4.90 Å². The smallest absolute Gasteiger partial charge is 0.255 e. The topological polar surface area (TPSA) is 20.3 Å². The summed E-state index contributed by atoms with van der Waals surface area (Å²) < 4.78 is 0. The van der Waals surface area contributed by atoms with Crippen molar-refractivity contribution in [3.8, 4) is 0 Å². The lowest BCUT2D eigenvalue weighted by Crippen LogP contribution is -2.39. The Morgan fingerprint density at radius 3 is 2.46 bits per heavy atom. The maximum absolute atomic E-state index is 13.2. The van der Waals surface area contributed by atoms with Gasteiger partial charge in [0, 0.05) is 17.6 Å². The summed E-state index contributed by atoms with van der Waals surface area (Å²) in [7, 11) is 0. The predicted molar refractivity (Wildman–Crippen MR) is 99.7 cm³/mol. The Morgan fingerprint density at radius 2 is 1.83 bits per heavy atom. The fourth-order valence-electron chi connectivity index (χ4n) is 2.98. The first kappa shape index (κ1) is 17.3. The van der Waals surface area contributed by atoms with E-state index < -0.39 is 0 Å². The molecule has 0 aliphatic heterocycles. The zero-order chi connectivity index (χ0) is 17.3. The number of halogens is 2. The monoisotopic (exact) mass is 361 g/mol. The standard InChI is InChI=1S/C20H21Cl2NO/c1-13-10-19(22)17(11-18(13)21)20(24)23(14(2)16-8-9-16)12-15-6-4-3-5-7-15/h3-7,10-11,14,16H,8-9,12H2,1-2H3. The second kappa shape index (κ2) is 7.16. The molecule has 1 amide bonds. The largest absolute Gasteiger partial charge is 0.331 e. The summed E-state index contributed by atoms with van der Waals surface area (Å²) in [4.78, 5) is 15.1. The molecule has 0 heterocycles. The molecule has 1 unspecified atom stereocenters. The number of hydrogen-bond acceptors (Lipinski definition) is 1. The Hall–Kier alpha value is -1.51. The highest BCUT2D eigenvalue weighted by atomic mass is 35.5. The van der Waals surface area contributed by atoms with Gasteiger partial charge in [-0.15, -0.1) is 0 Å². The lowest BCUT2D eigenvalue weighted by Gasteiger charge is -2.30. The van der Waals surface area contributed by atoms with Crippen LogP contribution in [0.25, 0.3) is 0 Å². The second-order valence-corrected chi connectivity index (χ2v) is 7.39. The van der Waals surface area contributed by atoms with Crippen LogP contribution in [0.2, 0.25) is 10.0 Å². The average molecular weight is 362 g/mol. The van der Waals surface area contributed by atoms with E-state index in [1.165, 1.54) is 12.8 Å². The fourth-order valence-corrected chi connectivity index (χ4v) is 3.44. The molecule has 126 valence electrons. The summed E-state index contributed by atoms with van der Waals surface area (Å²) in [5.74, 6) is 0.530. The highest BCUT2D eigenvalue weighted by Crippen LogP contribution is 2.37. The molecule has 0 N–H and O–H groups in total. The molecule has 2 nitrogen and oxygen atoms in total. The number of nitrogens with zero attached hydrogens (tertiary/aromatic N) is 1. The van der Waals surface area contributed by atoms with Gasteiger partial charge in [-0.2, -0.15) is 0 Å². The van der Waals surface area contributed by atoms with Gasteiger partial charge in [0.2, 0.25) is 0 Å². The van der Waals surface area contributed by atoms with E-state index in [2.05, 4.69) is 6.92 Å². The van der Waals surface area contributed by atoms with E-state index in [1.54, 1.807) is 12.1 Å². The lowest BCUT2D eigenvalue weighted by atomic mass is 10.1. The minimum atomic E-state index is -0.0508. The molecule has 0 spiro atoms. The maximum Gasteiger partial charge on any atom is 0.255 e. The summed E-state index contributed by atoms with van der Waals surface area (Å²) >= 11 is 12.6. The first-order valence-corrected chi connectivity index (χ1v) is 9.03. The Labute approximate surface area is 153 Å². The SMILES string of the molecule is Cc1cc(Cl)c(C(=O)N(Cc2ccccc2)C(C)C2CC2)cc1Cl. The minimum absolute atomic E-state index is 0.0508. The molecule has 0 saturated heterocycles. The van der Waals surface area contributed by atoms with E-state index in [-0.39, 0.29) is 11.9 Å². The summed E-state index contributed by atoms with van der Waals surface area (Å²) in [6.45, 7) is 4.60. The van der Waals surface area contributed by atoms with Gasteiger partial charge in [0.1, 0.15) is 0 Å². The zero-order valence-electron chi connectivity index (χ0n) is 13.9. The molecule has 2 aromatic rings. The van der Waals surface area contributed by atoms with E-state index >= 15 is 0 Å². The van der Waals surface area contributed by atoms with Crippen LogP contribution in [0.1, 0.15) is 41.3 Å². The first-order chi connectivity index (χ1) is 11.5. The minimum Gasteiger partial charge on any atom is -0.331 e. The Kier molecular flexibility index (Phi) is 5.17.